The number of nitrogens with zero attached hydrogens (tertiary/aromatic N) is 1. The van der Waals surface area contributed by atoms with Crippen molar-refractivity contribution in [3.05, 3.63) is 89.4 Å². The number of aliphatic hydroxyl groups excluding tert-OH is 1. The van der Waals surface area contributed by atoms with Crippen LogP contribution in [0.15, 0.2) is 72.6 Å². The predicted molar refractivity (Wildman–Crippen MR) is 113 cm³/mol. The molecule has 144 valence electrons. The Kier molecular flexibility index (Phi) is 4.96. The molecular weight excluding hydrogens is 364 g/mol. The van der Waals surface area contributed by atoms with Crippen molar-refractivity contribution in [2.24, 2.45) is 0 Å². The molecule has 0 spiro atoms. The minimum absolute atomic E-state index is 0.0255. The fourth-order valence-electron chi connectivity index (χ4n) is 3.40. The highest BCUT2D eigenvalue weighted by atomic mass is 16.3. The maximum absolute atomic E-state index is 12.4. The second-order valence-corrected chi connectivity index (χ2v) is 6.93. The van der Waals surface area contributed by atoms with Crippen molar-refractivity contribution < 1.29 is 14.7 Å². The van der Waals surface area contributed by atoms with Gasteiger partial charge < -0.3 is 10.4 Å². The number of aliphatic hydroxyl groups is 1. The van der Waals surface area contributed by atoms with E-state index < -0.39 is 11.6 Å². The standard InChI is InChI=1S/C24H20N2O3/c1-2-4-15-6-8-16(9-7-15)17-10-12-18(13-11-17)26-21-22(27)19-5-3-14-25-20(19)23(28)24(21)29/h3,5-14,26-27H,2,4H2,1H3. The Hall–Kier alpha value is -3.73. The van der Waals surface area contributed by atoms with Crippen molar-refractivity contribution >= 4 is 23.0 Å². The molecule has 0 unspecified atom stereocenters. The van der Waals surface area contributed by atoms with Crippen LogP contribution in [0.4, 0.5) is 5.69 Å². The summed E-state index contributed by atoms with van der Waals surface area (Å²) >= 11 is 0. The number of nitrogens with one attached hydrogen (secondary N) is 1. The average Bonchev–Trinajstić information content (AvgIpc) is 2.76. The lowest BCUT2D eigenvalue weighted by atomic mass is 9.96. The van der Waals surface area contributed by atoms with Crippen LogP contribution in [-0.2, 0) is 11.2 Å². The zero-order valence-corrected chi connectivity index (χ0v) is 16.0. The molecule has 0 aliphatic heterocycles. The number of hydrogen-bond acceptors (Lipinski definition) is 5. The number of aromatic nitrogens is 1. The lowest BCUT2D eigenvalue weighted by Crippen LogP contribution is -2.28. The van der Waals surface area contributed by atoms with E-state index in [2.05, 4.69) is 41.5 Å². The van der Waals surface area contributed by atoms with Crippen LogP contribution in [0.25, 0.3) is 16.9 Å². The molecule has 0 atom stereocenters. The van der Waals surface area contributed by atoms with Crippen LogP contribution in [0.5, 0.6) is 0 Å². The highest BCUT2D eigenvalue weighted by molar-refractivity contribution is 6.52. The van der Waals surface area contributed by atoms with Crippen LogP contribution in [-0.4, -0.2) is 21.7 Å². The summed E-state index contributed by atoms with van der Waals surface area (Å²) in [5.74, 6) is -1.80. The van der Waals surface area contributed by atoms with Crippen LogP contribution < -0.4 is 5.32 Å². The summed E-state index contributed by atoms with van der Waals surface area (Å²) in [7, 11) is 0. The Balaban J connectivity index is 1.59. The summed E-state index contributed by atoms with van der Waals surface area (Å²) in [5.41, 5.74) is 4.15. The van der Waals surface area contributed by atoms with Gasteiger partial charge in [-0.25, -0.2) is 0 Å². The number of carbonyl (C=O) groups is 2. The van der Waals surface area contributed by atoms with Crippen LogP contribution in [0, 0.1) is 0 Å². The summed E-state index contributed by atoms with van der Waals surface area (Å²) < 4.78 is 0. The molecule has 1 aliphatic rings. The summed E-state index contributed by atoms with van der Waals surface area (Å²) in [5, 5.41) is 13.4. The first-order valence-corrected chi connectivity index (χ1v) is 9.52. The Morgan fingerprint density at radius 1 is 0.897 bits per heavy atom. The van der Waals surface area contributed by atoms with E-state index in [4.69, 9.17) is 0 Å². The molecule has 4 rings (SSSR count). The van der Waals surface area contributed by atoms with Gasteiger partial charge in [-0.05, 0) is 47.4 Å². The molecule has 3 aromatic rings. The number of benzene rings is 2. The first-order valence-electron chi connectivity index (χ1n) is 9.52. The van der Waals surface area contributed by atoms with Crippen LogP contribution in [0.2, 0.25) is 0 Å². The normalized spacial score (nSPS) is 13.4. The molecule has 2 N–H and O–H groups in total. The smallest absolute Gasteiger partial charge is 0.255 e. The van der Waals surface area contributed by atoms with E-state index in [1.807, 2.05) is 24.3 Å². The maximum Gasteiger partial charge on any atom is 0.255 e. The molecule has 2 aromatic carbocycles. The third-order valence-electron chi connectivity index (χ3n) is 4.93. The summed E-state index contributed by atoms with van der Waals surface area (Å²) in [6.07, 6.45) is 3.60. The molecule has 0 radical (unpaired) electrons. The minimum atomic E-state index is -0.802. The predicted octanol–water partition coefficient (Wildman–Crippen LogP) is 4.81. The van der Waals surface area contributed by atoms with Gasteiger partial charge in [0.15, 0.2) is 5.76 Å². The minimum Gasteiger partial charge on any atom is -0.505 e. The molecule has 1 heterocycles. The SMILES string of the molecule is CCCc1ccc(-c2ccc(NC3=C(O)c4cccnc4C(=O)C3=O)cc2)cc1. The largest absolute Gasteiger partial charge is 0.505 e. The highest BCUT2D eigenvalue weighted by Crippen LogP contribution is 2.28. The van der Waals surface area contributed by atoms with E-state index in [1.165, 1.54) is 11.8 Å². The fourth-order valence-corrected chi connectivity index (χ4v) is 3.40. The van der Waals surface area contributed by atoms with Crippen molar-refractivity contribution in [3.8, 4) is 11.1 Å². The number of hydrogen-bond donors (Lipinski definition) is 2. The second kappa shape index (κ2) is 7.72. The summed E-state index contributed by atoms with van der Waals surface area (Å²) in [4.78, 5) is 28.6. The molecular formula is C24H20N2O3. The Bertz CT molecular complexity index is 1110. The van der Waals surface area contributed by atoms with E-state index in [9.17, 15) is 14.7 Å². The Morgan fingerprint density at radius 3 is 2.21 bits per heavy atom. The first-order chi connectivity index (χ1) is 14.1. The second-order valence-electron chi connectivity index (χ2n) is 6.93. The lowest BCUT2D eigenvalue weighted by Gasteiger charge is -2.18. The zero-order valence-electron chi connectivity index (χ0n) is 16.0. The van der Waals surface area contributed by atoms with Gasteiger partial charge in [0, 0.05) is 17.4 Å². The number of allylic oxidation sites excluding steroid dienone is 1. The number of aryl methyl sites for hydroxylation is 1. The van der Waals surface area contributed by atoms with Gasteiger partial charge in [0.25, 0.3) is 11.6 Å². The highest BCUT2D eigenvalue weighted by Gasteiger charge is 2.34. The van der Waals surface area contributed by atoms with Crippen molar-refractivity contribution in [3.63, 3.8) is 0 Å². The molecule has 5 heteroatoms. The summed E-state index contributed by atoms with van der Waals surface area (Å²) in [6.45, 7) is 2.16. The molecule has 0 saturated carbocycles. The number of Topliss-reactive ketones (excluding diaryl/α,β-unsaturated/α-hetero) is 2. The van der Waals surface area contributed by atoms with E-state index >= 15 is 0 Å². The first kappa shape index (κ1) is 18.6. The fraction of sp³-hybridized carbons (Fsp3) is 0.125. The topological polar surface area (TPSA) is 79.3 Å². The third kappa shape index (κ3) is 3.55. The van der Waals surface area contributed by atoms with Gasteiger partial charge in [0.1, 0.15) is 11.4 Å². The van der Waals surface area contributed by atoms with E-state index in [0.29, 0.717) is 5.69 Å². The number of anilines is 1. The zero-order chi connectivity index (χ0) is 20.4. The Labute approximate surface area is 168 Å². The van der Waals surface area contributed by atoms with Crippen LogP contribution in [0.1, 0.15) is 35.0 Å². The lowest BCUT2D eigenvalue weighted by molar-refractivity contribution is -0.111. The van der Waals surface area contributed by atoms with Gasteiger partial charge in [0.2, 0.25) is 0 Å². The van der Waals surface area contributed by atoms with Crippen molar-refractivity contribution in [1.29, 1.82) is 0 Å². The van der Waals surface area contributed by atoms with E-state index in [0.717, 1.165) is 24.0 Å². The molecule has 1 aromatic heterocycles. The molecule has 0 bridgehead atoms. The van der Waals surface area contributed by atoms with Crippen molar-refractivity contribution in [2.45, 2.75) is 19.8 Å². The molecule has 0 saturated heterocycles. The average molecular weight is 384 g/mol. The number of ketones is 2. The quantitative estimate of drug-likeness (QED) is 0.618. The van der Waals surface area contributed by atoms with Gasteiger partial charge >= 0.3 is 0 Å². The monoisotopic (exact) mass is 384 g/mol. The number of rotatable bonds is 5. The van der Waals surface area contributed by atoms with Crippen molar-refractivity contribution in [2.75, 3.05) is 5.32 Å². The molecule has 5 nitrogen and oxygen atoms in total. The van der Waals surface area contributed by atoms with Crippen molar-refractivity contribution in [1.82, 2.24) is 4.98 Å². The molecule has 0 fully saturated rings. The van der Waals surface area contributed by atoms with Gasteiger partial charge in [0.05, 0.1) is 0 Å². The maximum atomic E-state index is 12.4. The van der Waals surface area contributed by atoms with Gasteiger partial charge in [-0.1, -0.05) is 49.7 Å². The van der Waals surface area contributed by atoms with Crippen LogP contribution >= 0.6 is 0 Å². The van der Waals surface area contributed by atoms with Gasteiger partial charge in [-0.2, -0.15) is 0 Å². The summed E-state index contributed by atoms with van der Waals surface area (Å²) in [6, 6.07) is 19.1. The number of fused-ring (bicyclic) bond motifs is 1. The molecule has 1 aliphatic carbocycles. The van der Waals surface area contributed by atoms with Crippen LogP contribution in [0.3, 0.4) is 0 Å². The van der Waals surface area contributed by atoms with E-state index in [1.54, 1.807) is 12.1 Å². The molecule has 29 heavy (non-hydrogen) atoms. The third-order valence-corrected chi connectivity index (χ3v) is 4.93. The Morgan fingerprint density at radius 2 is 1.55 bits per heavy atom. The number of pyridine rings is 1. The van der Waals surface area contributed by atoms with E-state index in [-0.39, 0.29) is 22.7 Å². The molecule has 0 amide bonds. The van der Waals surface area contributed by atoms with Gasteiger partial charge in [-0.3, -0.25) is 14.6 Å². The van der Waals surface area contributed by atoms with Gasteiger partial charge in [-0.15, -0.1) is 0 Å². The number of carbonyl (C=O) groups excluding carboxylic acids is 2.